The van der Waals surface area contributed by atoms with Gasteiger partial charge in [0.05, 0.1) is 12.0 Å². The Bertz CT molecular complexity index is 549. The number of carboxylic acids is 1. The Labute approximate surface area is 113 Å². The molecule has 0 radical (unpaired) electrons. The first-order chi connectivity index (χ1) is 9.40. The minimum absolute atomic E-state index is 0.0483. The molecule has 0 saturated carbocycles. The lowest BCUT2D eigenvalue weighted by Crippen LogP contribution is -2.42. The number of nitrogens with zero attached hydrogens (tertiary/aromatic N) is 1. The quantitative estimate of drug-likeness (QED) is 0.875. The maximum Gasteiger partial charge on any atom is 0.407 e. The van der Waals surface area contributed by atoms with Crippen LogP contribution in [0.1, 0.15) is 24.4 Å². The number of halogens is 2. The van der Waals surface area contributed by atoms with E-state index in [9.17, 15) is 18.4 Å². The number of hydrogen-bond acceptors (Lipinski definition) is 2. The highest BCUT2D eigenvalue weighted by atomic mass is 19.2. The second-order valence-electron chi connectivity index (χ2n) is 4.72. The highest BCUT2D eigenvalue weighted by Crippen LogP contribution is 2.34. The second-order valence-corrected chi connectivity index (χ2v) is 4.72. The Hall–Kier alpha value is -2.18. The predicted octanol–water partition coefficient (Wildman–Crippen LogP) is 2.48. The van der Waals surface area contributed by atoms with Crippen molar-refractivity contribution in [1.29, 1.82) is 0 Å². The van der Waals surface area contributed by atoms with E-state index in [1.54, 1.807) is 0 Å². The normalized spacial score (nSPS) is 22.6. The highest BCUT2D eigenvalue weighted by molar-refractivity contribution is 5.71. The van der Waals surface area contributed by atoms with Crippen molar-refractivity contribution in [2.45, 2.75) is 18.9 Å². The van der Waals surface area contributed by atoms with E-state index in [1.807, 2.05) is 0 Å². The first-order valence-corrected chi connectivity index (χ1v) is 6.07. The molecule has 1 saturated heterocycles. The first-order valence-electron chi connectivity index (χ1n) is 6.07. The molecule has 20 heavy (non-hydrogen) atoms. The molecule has 5 nitrogen and oxygen atoms in total. The lowest BCUT2D eigenvalue weighted by molar-refractivity contribution is -0.144. The Morgan fingerprint density at radius 2 is 1.90 bits per heavy atom. The number of rotatable bonds is 2. The van der Waals surface area contributed by atoms with Gasteiger partial charge in [0.2, 0.25) is 0 Å². The van der Waals surface area contributed by atoms with E-state index in [2.05, 4.69) is 0 Å². The van der Waals surface area contributed by atoms with Gasteiger partial charge in [-0.2, -0.15) is 0 Å². The summed E-state index contributed by atoms with van der Waals surface area (Å²) in [5.74, 6) is -3.81. The summed E-state index contributed by atoms with van der Waals surface area (Å²) < 4.78 is 26.2. The molecule has 1 aliphatic rings. The number of piperidine rings is 1. The summed E-state index contributed by atoms with van der Waals surface area (Å²) in [7, 11) is 0. The molecule has 108 valence electrons. The van der Waals surface area contributed by atoms with E-state index >= 15 is 0 Å². The maximum atomic E-state index is 13.3. The molecule has 1 amide bonds. The van der Waals surface area contributed by atoms with Crippen LogP contribution in [-0.2, 0) is 4.79 Å². The zero-order valence-corrected chi connectivity index (χ0v) is 10.4. The van der Waals surface area contributed by atoms with Crippen LogP contribution >= 0.6 is 0 Å². The minimum atomic E-state index is -1.21. The molecule has 2 N–H and O–H groups in total. The van der Waals surface area contributed by atoms with E-state index < -0.39 is 35.7 Å². The fraction of sp³-hybridized carbons (Fsp3) is 0.385. The van der Waals surface area contributed by atoms with Gasteiger partial charge in [-0.1, -0.05) is 6.07 Å². The van der Waals surface area contributed by atoms with Crippen molar-refractivity contribution in [3.63, 3.8) is 0 Å². The van der Waals surface area contributed by atoms with Crippen LogP contribution in [0.15, 0.2) is 18.2 Å². The molecule has 0 bridgehead atoms. The SMILES string of the molecule is O=C(O)C1CCN(C(=O)O)C(c2ccc(F)c(F)c2)C1. The van der Waals surface area contributed by atoms with Crippen molar-refractivity contribution < 1.29 is 28.6 Å². The molecule has 0 aliphatic carbocycles. The molecule has 0 spiro atoms. The molecule has 1 aromatic rings. The fourth-order valence-corrected chi connectivity index (χ4v) is 2.45. The summed E-state index contributed by atoms with van der Waals surface area (Å²) in [5, 5.41) is 18.2. The zero-order valence-electron chi connectivity index (χ0n) is 10.4. The lowest BCUT2D eigenvalue weighted by Gasteiger charge is -2.36. The monoisotopic (exact) mass is 285 g/mol. The van der Waals surface area contributed by atoms with Crippen LogP contribution in [0.3, 0.4) is 0 Å². The van der Waals surface area contributed by atoms with Crippen LogP contribution in [0.2, 0.25) is 0 Å². The number of carbonyl (C=O) groups is 2. The van der Waals surface area contributed by atoms with Gasteiger partial charge in [0.15, 0.2) is 11.6 Å². The summed E-state index contributed by atoms with van der Waals surface area (Å²) in [4.78, 5) is 23.3. The van der Waals surface area contributed by atoms with Gasteiger partial charge in [-0.05, 0) is 30.5 Å². The molecule has 0 aromatic heterocycles. The van der Waals surface area contributed by atoms with E-state index in [1.165, 1.54) is 6.07 Å². The number of benzene rings is 1. The van der Waals surface area contributed by atoms with Crippen molar-refractivity contribution in [2.24, 2.45) is 5.92 Å². The molecule has 7 heteroatoms. The fourth-order valence-electron chi connectivity index (χ4n) is 2.45. The summed E-state index contributed by atoms with van der Waals surface area (Å²) in [5.41, 5.74) is 0.261. The number of amides is 1. The molecule has 1 heterocycles. The van der Waals surface area contributed by atoms with Crippen molar-refractivity contribution in [3.05, 3.63) is 35.4 Å². The number of hydrogen-bond donors (Lipinski definition) is 2. The molecular formula is C13H13F2NO4. The molecule has 2 atom stereocenters. The van der Waals surface area contributed by atoms with Gasteiger partial charge in [0.25, 0.3) is 0 Å². The highest BCUT2D eigenvalue weighted by Gasteiger charge is 2.35. The van der Waals surface area contributed by atoms with Gasteiger partial charge < -0.3 is 15.1 Å². The minimum Gasteiger partial charge on any atom is -0.481 e. The van der Waals surface area contributed by atoms with Gasteiger partial charge in [-0.25, -0.2) is 13.6 Å². The van der Waals surface area contributed by atoms with Crippen molar-refractivity contribution in [1.82, 2.24) is 4.90 Å². The van der Waals surface area contributed by atoms with Crippen LogP contribution in [0, 0.1) is 17.6 Å². The van der Waals surface area contributed by atoms with Crippen molar-refractivity contribution in [3.8, 4) is 0 Å². The zero-order chi connectivity index (χ0) is 14.9. The Balaban J connectivity index is 2.33. The van der Waals surface area contributed by atoms with E-state index in [0.29, 0.717) is 0 Å². The van der Waals surface area contributed by atoms with Crippen molar-refractivity contribution in [2.75, 3.05) is 6.54 Å². The van der Waals surface area contributed by atoms with Gasteiger partial charge in [0, 0.05) is 6.54 Å². The molecule has 1 fully saturated rings. The third-order valence-corrected chi connectivity index (χ3v) is 3.53. The smallest absolute Gasteiger partial charge is 0.407 e. The average Bonchev–Trinajstić information content (AvgIpc) is 2.41. The average molecular weight is 285 g/mol. The molecule has 2 rings (SSSR count). The summed E-state index contributed by atoms with van der Waals surface area (Å²) in [6.07, 6.45) is -0.947. The largest absolute Gasteiger partial charge is 0.481 e. The second kappa shape index (κ2) is 5.44. The molecule has 1 aliphatic heterocycles. The van der Waals surface area contributed by atoms with Crippen LogP contribution < -0.4 is 0 Å². The topological polar surface area (TPSA) is 77.8 Å². The van der Waals surface area contributed by atoms with Crippen LogP contribution in [0.4, 0.5) is 13.6 Å². The van der Waals surface area contributed by atoms with Crippen LogP contribution in [0.25, 0.3) is 0 Å². The third-order valence-electron chi connectivity index (χ3n) is 3.53. The maximum absolute atomic E-state index is 13.3. The molecule has 1 aromatic carbocycles. The summed E-state index contributed by atoms with van der Waals surface area (Å²) >= 11 is 0. The number of aliphatic carboxylic acids is 1. The Morgan fingerprint density at radius 1 is 1.20 bits per heavy atom. The van der Waals surface area contributed by atoms with Gasteiger partial charge in [-0.3, -0.25) is 4.79 Å². The predicted molar refractivity (Wildman–Crippen MR) is 64.2 cm³/mol. The summed E-state index contributed by atoms with van der Waals surface area (Å²) in [6.45, 7) is 0.0515. The van der Waals surface area contributed by atoms with Gasteiger partial charge in [-0.15, -0.1) is 0 Å². The number of likely N-dealkylation sites (tertiary alicyclic amines) is 1. The lowest BCUT2D eigenvalue weighted by atomic mass is 9.87. The Kier molecular flexibility index (Phi) is 3.87. The van der Waals surface area contributed by atoms with Crippen LogP contribution in [0.5, 0.6) is 0 Å². The number of carboxylic acid groups (broad SMARTS) is 2. The molecular weight excluding hydrogens is 272 g/mol. The standard InChI is InChI=1S/C13H13F2NO4/c14-9-2-1-7(5-10(9)15)11-6-8(12(17)18)3-4-16(11)13(19)20/h1-2,5,8,11H,3-4,6H2,(H,17,18)(H,19,20). The van der Waals surface area contributed by atoms with Gasteiger partial charge >= 0.3 is 12.1 Å². The summed E-state index contributed by atoms with van der Waals surface area (Å²) in [6, 6.07) is 2.33. The molecule has 2 unspecified atom stereocenters. The van der Waals surface area contributed by atoms with Crippen LogP contribution in [-0.4, -0.2) is 33.7 Å². The van der Waals surface area contributed by atoms with E-state index in [4.69, 9.17) is 10.2 Å². The van der Waals surface area contributed by atoms with Gasteiger partial charge in [0.1, 0.15) is 0 Å². The van der Waals surface area contributed by atoms with E-state index in [-0.39, 0.29) is 24.9 Å². The first kappa shape index (κ1) is 14.2. The van der Waals surface area contributed by atoms with Crippen molar-refractivity contribution >= 4 is 12.1 Å². The Morgan fingerprint density at radius 3 is 2.45 bits per heavy atom. The van der Waals surface area contributed by atoms with E-state index in [0.717, 1.165) is 17.0 Å². The third kappa shape index (κ3) is 2.71.